The molecule has 1 aromatic rings. The molecule has 3 heterocycles. The topological polar surface area (TPSA) is 45.4 Å². The molecule has 3 rings (SSSR count). The maximum Gasteiger partial charge on any atom is 0.0512 e. The largest absolute Gasteiger partial charge is 0.326 e. The van der Waals surface area contributed by atoms with Gasteiger partial charge < -0.3 is 5.73 Å². The van der Waals surface area contributed by atoms with Gasteiger partial charge in [-0.2, -0.15) is 0 Å². The third kappa shape index (κ3) is 2.60. The van der Waals surface area contributed by atoms with Gasteiger partial charge in [0.25, 0.3) is 0 Å². The molecule has 110 valence electrons. The van der Waals surface area contributed by atoms with Crippen LogP contribution in [-0.4, -0.2) is 53.0 Å². The van der Waals surface area contributed by atoms with Crippen LogP contribution in [-0.2, 0) is 0 Å². The monoisotopic (exact) mass is 274 g/mol. The lowest BCUT2D eigenvalue weighted by Gasteiger charge is -2.35. The van der Waals surface area contributed by atoms with Crippen LogP contribution in [0.15, 0.2) is 24.5 Å². The number of rotatable bonds is 3. The quantitative estimate of drug-likeness (QED) is 0.910. The molecule has 0 spiro atoms. The Kier molecular flexibility index (Phi) is 4.06. The minimum Gasteiger partial charge on any atom is -0.326 e. The molecule has 20 heavy (non-hydrogen) atoms. The molecule has 2 N–H and O–H groups in total. The number of hydrogen-bond acceptors (Lipinski definition) is 4. The zero-order valence-corrected chi connectivity index (χ0v) is 12.6. The lowest BCUT2D eigenvalue weighted by atomic mass is 9.98. The van der Waals surface area contributed by atoms with Gasteiger partial charge in [0.2, 0.25) is 0 Å². The van der Waals surface area contributed by atoms with Crippen molar-refractivity contribution in [3.05, 3.63) is 30.1 Å². The smallest absolute Gasteiger partial charge is 0.0512 e. The lowest BCUT2D eigenvalue weighted by Crippen LogP contribution is -2.44. The summed E-state index contributed by atoms with van der Waals surface area (Å²) in [5, 5.41) is 0. The van der Waals surface area contributed by atoms with Gasteiger partial charge in [0.05, 0.1) is 6.04 Å². The van der Waals surface area contributed by atoms with Crippen LogP contribution in [0.25, 0.3) is 0 Å². The van der Waals surface area contributed by atoms with Gasteiger partial charge >= 0.3 is 0 Å². The molecule has 0 saturated carbocycles. The van der Waals surface area contributed by atoms with Gasteiger partial charge in [-0.3, -0.25) is 14.8 Å². The van der Waals surface area contributed by atoms with E-state index in [1.807, 2.05) is 18.5 Å². The molecule has 4 nitrogen and oxygen atoms in total. The summed E-state index contributed by atoms with van der Waals surface area (Å²) in [5.74, 6) is 0. The standard InChI is InChI=1S/C16H26N4/c1-12(17)16(13-4-3-8-18-10-13)20-9-7-14-5-6-15(11-20)19(14)2/h3-4,8,10,12,14-16H,5-7,9,11,17H2,1-2H3. The van der Waals surface area contributed by atoms with Crippen LogP contribution in [0, 0.1) is 0 Å². The van der Waals surface area contributed by atoms with E-state index in [-0.39, 0.29) is 12.1 Å². The Morgan fingerprint density at radius 2 is 2.10 bits per heavy atom. The van der Waals surface area contributed by atoms with E-state index in [2.05, 4.69) is 34.8 Å². The lowest BCUT2D eigenvalue weighted by molar-refractivity contribution is 0.155. The average Bonchev–Trinajstić information content (AvgIpc) is 2.67. The Labute approximate surface area is 122 Å². The van der Waals surface area contributed by atoms with Crippen molar-refractivity contribution in [3.8, 4) is 0 Å². The second-order valence-corrected chi connectivity index (χ2v) is 6.42. The highest BCUT2D eigenvalue weighted by Crippen LogP contribution is 2.33. The fourth-order valence-corrected chi connectivity index (χ4v) is 3.99. The summed E-state index contributed by atoms with van der Waals surface area (Å²) < 4.78 is 0. The fourth-order valence-electron chi connectivity index (χ4n) is 3.99. The van der Waals surface area contributed by atoms with Crippen LogP contribution in [0.3, 0.4) is 0 Å². The summed E-state index contributed by atoms with van der Waals surface area (Å²) in [7, 11) is 2.29. The van der Waals surface area contributed by atoms with Crippen molar-refractivity contribution >= 4 is 0 Å². The molecule has 4 unspecified atom stereocenters. The van der Waals surface area contributed by atoms with E-state index in [0.29, 0.717) is 6.04 Å². The van der Waals surface area contributed by atoms with Gasteiger partial charge in [-0.25, -0.2) is 0 Å². The molecule has 4 heteroatoms. The summed E-state index contributed by atoms with van der Waals surface area (Å²) in [6, 6.07) is 6.06. The third-order valence-corrected chi connectivity index (χ3v) is 5.10. The Morgan fingerprint density at radius 3 is 2.80 bits per heavy atom. The zero-order valence-electron chi connectivity index (χ0n) is 12.6. The second-order valence-electron chi connectivity index (χ2n) is 6.42. The van der Waals surface area contributed by atoms with E-state index in [1.165, 1.54) is 24.8 Å². The molecule has 4 atom stereocenters. The van der Waals surface area contributed by atoms with Crippen molar-refractivity contribution in [2.45, 2.75) is 50.4 Å². The van der Waals surface area contributed by atoms with Crippen molar-refractivity contribution in [1.82, 2.24) is 14.8 Å². The van der Waals surface area contributed by atoms with Crippen molar-refractivity contribution in [2.75, 3.05) is 20.1 Å². The molecular weight excluding hydrogens is 248 g/mol. The van der Waals surface area contributed by atoms with E-state index in [1.54, 1.807) is 0 Å². The Bertz CT molecular complexity index is 433. The molecule has 2 aliphatic rings. The number of likely N-dealkylation sites (N-methyl/N-ethyl adjacent to an activating group) is 1. The molecule has 0 aliphatic carbocycles. The first-order chi connectivity index (χ1) is 9.66. The Hall–Kier alpha value is -0.970. The number of likely N-dealkylation sites (tertiary alicyclic amines) is 1. The van der Waals surface area contributed by atoms with E-state index in [4.69, 9.17) is 5.73 Å². The van der Waals surface area contributed by atoms with Crippen LogP contribution in [0.2, 0.25) is 0 Å². The van der Waals surface area contributed by atoms with Crippen LogP contribution in [0.1, 0.15) is 37.8 Å². The van der Waals surface area contributed by atoms with Crippen LogP contribution >= 0.6 is 0 Å². The Balaban J connectivity index is 1.82. The van der Waals surface area contributed by atoms with Crippen molar-refractivity contribution in [2.24, 2.45) is 5.73 Å². The number of nitrogens with zero attached hydrogens (tertiary/aromatic N) is 3. The highest BCUT2D eigenvalue weighted by atomic mass is 15.3. The number of fused-ring (bicyclic) bond motifs is 2. The van der Waals surface area contributed by atoms with Crippen LogP contribution in [0.4, 0.5) is 0 Å². The average molecular weight is 274 g/mol. The number of hydrogen-bond donors (Lipinski definition) is 1. The van der Waals surface area contributed by atoms with Gasteiger partial charge in [0.15, 0.2) is 0 Å². The number of pyridine rings is 1. The van der Waals surface area contributed by atoms with E-state index in [9.17, 15) is 0 Å². The molecule has 2 saturated heterocycles. The van der Waals surface area contributed by atoms with E-state index < -0.39 is 0 Å². The van der Waals surface area contributed by atoms with E-state index in [0.717, 1.165) is 19.1 Å². The maximum absolute atomic E-state index is 6.30. The summed E-state index contributed by atoms with van der Waals surface area (Å²) in [5.41, 5.74) is 7.55. The summed E-state index contributed by atoms with van der Waals surface area (Å²) >= 11 is 0. The van der Waals surface area contributed by atoms with Gasteiger partial charge in [-0.1, -0.05) is 6.07 Å². The molecule has 2 bridgehead atoms. The van der Waals surface area contributed by atoms with Crippen LogP contribution < -0.4 is 5.73 Å². The van der Waals surface area contributed by atoms with E-state index >= 15 is 0 Å². The first kappa shape index (κ1) is 14.0. The molecular formula is C16H26N4. The van der Waals surface area contributed by atoms with Crippen molar-refractivity contribution in [3.63, 3.8) is 0 Å². The third-order valence-electron chi connectivity index (χ3n) is 5.10. The predicted octanol–water partition coefficient (Wildman–Crippen LogP) is 1.64. The normalized spacial score (nSPS) is 30.9. The molecule has 2 aliphatic heterocycles. The SMILES string of the molecule is CC(N)C(c1cccnc1)N1CCC2CCC(C1)N2C. The minimum absolute atomic E-state index is 0.126. The van der Waals surface area contributed by atoms with Crippen molar-refractivity contribution < 1.29 is 0 Å². The number of aromatic nitrogens is 1. The van der Waals surface area contributed by atoms with Crippen molar-refractivity contribution in [1.29, 1.82) is 0 Å². The predicted molar refractivity (Wildman–Crippen MR) is 81.4 cm³/mol. The number of nitrogens with two attached hydrogens (primary N) is 1. The summed E-state index contributed by atoms with van der Waals surface area (Å²) in [6.07, 6.45) is 7.76. The maximum atomic E-state index is 6.30. The van der Waals surface area contributed by atoms with Crippen LogP contribution in [0.5, 0.6) is 0 Å². The highest BCUT2D eigenvalue weighted by molar-refractivity contribution is 5.16. The molecule has 0 amide bonds. The highest BCUT2D eigenvalue weighted by Gasteiger charge is 2.37. The van der Waals surface area contributed by atoms with Gasteiger partial charge in [-0.15, -0.1) is 0 Å². The van der Waals surface area contributed by atoms with Gasteiger partial charge in [0.1, 0.15) is 0 Å². The zero-order chi connectivity index (χ0) is 14.1. The second kappa shape index (κ2) is 5.80. The summed E-state index contributed by atoms with van der Waals surface area (Å²) in [4.78, 5) is 9.45. The first-order valence-corrected chi connectivity index (χ1v) is 7.78. The van der Waals surface area contributed by atoms with Gasteiger partial charge in [0, 0.05) is 43.6 Å². The minimum atomic E-state index is 0.126. The fraction of sp³-hybridized carbons (Fsp3) is 0.688. The summed E-state index contributed by atoms with van der Waals surface area (Å²) in [6.45, 7) is 4.39. The van der Waals surface area contributed by atoms with Gasteiger partial charge in [-0.05, 0) is 44.9 Å². The Morgan fingerprint density at radius 1 is 1.30 bits per heavy atom. The molecule has 2 fully saturated rings. The molecule has 0 aromatic carbocycles. The molecule has 0 radical (unpaired) electrons. The first-order valence-electron chi connectivity index (χ1n) is 7.78. The molecule has 1 aromatic heterocycles.